The van der Waals surface area contributed by atoms with E-state index in [9.17, 15) is 24.0 Å². The van der Waals surface area contributed by atoms with Crippen LogP contribution >= 0.6 is 23.1 Å². The maximum atomic E-state index is 13.3. The largest absolute Gasteiger partial charge is 0.458 e. The monoisotopic (exact) mass is 579 g/mol. The molecule has 11 heteroatoms. The van der Waals surface area contributed by atoms with Crippen LogP contribution in [0, 0.1) is 23.2 Å². The van der Waals surface area contributed by atoms with Crippen LogP contribution in [0.4, 0.5) is 0 Å². The van der Waals surface area contributed by atoms with Crippen LogP contribution in [0.25, 0.3) is 0 Å². The lowest BCUT2D eigenvalue weighted by molar-refractivity contribution is -0.148. The zero-order valence-electron chi connectivity index (χ0n) is 21.9. The second-order valence-electron chi connectivity index (χ2n) is 11.9. The van der Waals surface area contributed by atoms with Gasteiger partial charge in [-0.2, -0.15) is 0 Å². The van der Waals surface area contributed by atoms with Gasteiger partial charge >= 0.3 is 5.97 Å². The van der Waals surface area contributed by atoms with E-state index in [2.05, 4.69) is 10.3 Å². The van der Waals surface area contributed by atoms with Crippen molar-refractivity contribution in [3.05, 3.63) is 45.4 Å². The fraction of sp³-hybridized carbons (Fsp3) is 0.517. The highest BCUT2D eigenvalue weighted by atomic mass is 32.2. The van der Waals surface area contributed by atoms with Gasteiger partial charge in [0.15, 0.2) is 0 Å². The number of thioether (sulfide) groups is 1. The zero-order chi connectivity index (χ0) is 27.6. The first kappa shape index (κ1) is 25.9. The number of carbonyl (C=O) groups is 5. The van der Waals surface area contributed by atoms with E-state index in [0.717, 1.165) is 27.4 Å². The molecular weight excluding hydrogens is 550 g/mol. The zero-order valence-corrected chi connectivity index (χ0v) is 23.5. The summed E-state index contributed by atoms with van der Waals surface area (Å²) < 4.78 is 5.65. The lowest BCUT2D eigenvalue weighted by Gasteiger charge is -2.31. The molecule has 8 rings (SSSR count). The minimum atomic E-state index is -0.995. The number of carbonyl (C=O) groups excluding carboxylic acids is 5. The first-order chi connectivity index (χ1) is 19.3. The van der Waals surface area contributed by atoms with Crippen LogP contribution in [0.15, 0.2) is 28.5 Å². The molecule has 40 heavy (non-hydrogen) atoms. The summed E-state index contributed by atoms with van der Waals surface area (Å²) in [5.74, 6) is 0.590. The number of esters is 1. The van der Waals surface area contributed by atoms with Gasteiger partial charge in [-0.25, -0.2) is 4.98 Å². The van der Waals surface area contributed by atoms with Gasteiger partial charge < -0.3 is 4.74 Å². The number of benzene rings is 1. The van der Waals surface area contributed by atoms with Crippen molar-refractivity contribution in [3.8, 4) is 0 Å². The predicted molar refractivity (Wildman–Crippen MR) is 145 cm³/mol. The quantitative estimate of drug-likeness (QED) is 0.282. The predicted octanol–water partition coefficient (Wildman–Crippen LogP) is 4.10. The van der Waals surface area contributed by atoms with Gasteiger partial charge in [0.1, 0.15) is 17.7 Å². The number of hydrogen-bond acceptors (Lipinski definition) is 9. The third kappa shape index (κ3) is 4.38. The summed E-state index contributed by atoms with van der Waals surface area (Å²) in [5, 5.41) is 4.86. The van der Waals surface area contributed by atoms with Crippen molar-refractivity contribution in [3.63, 3.8) is 0 Å². The SMILES string of the molecule is O=C1CCC(N2C(=O)c3cccc(SCc4csc(COC(=O)CC56CC7CC(CC5C7)C6)n4)c3C2=O)C(=O)N1. The number of rotatable bonds is 8. The highest BCUT2D eigenvalue weighted by molar-refractivity contribution is 7.98. The third-order valence-corrected chi connectivity index (χ3v) is 11.4. The van der Waals surface area contributed by atoms with Crippen molar-refractivity contribution in [2.75, 3.05) is 0 Å². The van der Waals surface area contributed by atoms with Crippen LogP contribution < -0.4 is 5.32 Å². The van der Waals surface area contributed by atoms with E-state index >= 15 is 0 Å². The molecule has 9 nitrogen and oxygen atoms in total. The van der Waals surface area contributed by atoms with Crippen molar-refractivity contribution < 1.29 is 28.7 Å². The van der Waals surface area contributed by atoms with Crippen molar-refractivity contribution in [1.29, 1.82) is 0 Å². The maximum absolute atomic E-state index is 13.3. The molecule has 1 aromatic carbocycles. The van der Waals surface area contributed by atoms with Crippen LogP contribution in [0.3, 0.4) is 0 Å². The van der Waals surface area contributed by atoms with E-state index in [4.69, 9.17) is 4.74 Å². The Bertz CT molecular complexity index is 1440. The normalized spacial score (nSPS) is 30.2. The Morgan fingerprint density at radius 2 is 1.93 bits per heavy atom. The molecule has 5 fully saturated rings. The number of nitrogens with zero attached hydrogens (tertiary/aromatic N) is 2. The Balaban J connectivity index is 0.965. The highest BCUT2D eigenvalue weighted by Crippen LogP contribution is 2.66. The minimum Gasteiger partial charge on any atom is -0.458 e. The molecule has 208 valence electrons. The second kappa shape index (κ2) is 9.80. The third-order valence-electron chi connectivity index (χ3n) is 9.42. The van der Waals surface area contributed by atoms with Crippen LogP contribution in [0.1, 0.15) is 82.8 Å². The molecule has 6 aliphatic rings. The average molecular weight is 580 g/mol. The molecule has 4 aliphatic carbocycles. The van der Waals surface area contributed by atoms with E-state index in [-0.39, 0.29) is 42.0 Å². The molecule has 1 saturated heterocycles. The summed E-state index contributed by atoms with van der Waals surface area (Å²) in [6.45, 7) is 0.163. The summed E-state index contributed by atoms with van der Waals surface area (Å²) in [6.07, 6.45) is 7.02. The number of fused-ring (bicyclic) bond motifs is 1. The lowest BCUT2D eigenvalue weighted by Crippen LogP contribution is -2.54. The molecule has 4 amide bonds. The minimum absolute atomic E-state index is 0.0786. The summed E-state index contributed by atoms with van der Waals surface area (Å²) >= 11 is 2.83. The van der Waals surface area contributed by atoms with Crippen molar-refractivity contribution in [1.82, 2.24) is 15.2 Å². The van der Waals surface area contributed by atoms with Gasteiger partial charge in [-0.3, -0.25) is 34.2 Å². The number of imide groups is 2. The number of hydrogen-bond donors (Lipinski definition) is 1. The van der Waals surface area contributed by atoms with Gasteiger partial charge in [0.25, 0.3) is 11.8 Å². The van der Waals surface area contributed by atoms with E-state index in [1.54, 1.807) is 18.2 Å². The molecule has 2 aromatic rings. The Hall–Kier alpha value is -3.05. The van der Waals surface area contributed by atoms with Gasteiger partial charge in [-0.15, -0.1) is 23.1 Å². The number of thiazole rings is 1. The summed E-state index contributed by atoms with van der Waals surface area (Å²) in [6, 6.07) is 4.09. The van der Waals surface area contributed by atoms with Gasteiger partial charge in [0.05, 0.1) is 23.2 Å². The van der Waals surface area contributed by atoms with Crippen molar-refractivity contribution in [2.24, 2.45) is 23.2 Å². The van der Waals surface area contributed by atoms with Crippen LogP contribution in [0.2, 0.25) is 0 Å². The van der Waals surface area contributed by atoms with E-state index in [0.29, 0.717) is 23.0 Å². The molecule has 2 aliphatic heterocycles. The molecule has 1 aromatic heterocycles. The smallest absolute Gasteiger partial charge is 0.306 e. The van der Waals surface area contributed by atoms with Crippen LogP contribution in [-0.4, -0.2) is 45.5 Å². The molecule has 1 N–H and O–H groups in total. The maximum Gasteiger partial charge on any atom is 0.306 e. The number of nitrogens with one attached hydrogen (secondary N) is 1. The number of piperidine rings is 1. The Kier molecular flexibility index (Phi) is 6.34. The summed E-state index contributed by atoms with van der Waals surface area (Å²) in [5.41, 5.74) is 1.51. The standard InChI is InChI=1S/C29H29N3O6S2/c33-22-5-4-20(26(35)31-22)32-27(36)19-2-1-3-21(25(19)28(32)37)39-13-18-14-40-23(30-18)12-38-24(34)11-29-9-15-6-16(10-29)8-17(29)7-15/h1-3,14-17,20H,4-13H2,(H,31,33,35). The molecule has 4 bridgehead atoms. The van der Waals surface area contributed by atoms with Crippen molar-refractivity contribution >= 4 is 52.7 Å². The molecular formula is C29H29N3O6S2. The molecule has 4 saturated carbocycles. The first-order valence-electron chi connectivity index (χ1n) is 13.9. The Morgan fingerprint density at radius 1 is 1.12 bits per heavy atom. The van der Waals surface area contributed by atoms with Crippen LogP contribution in [-0.2, 0) is 31.5 Å². The molecule has 0 spiro atoms. The Morgan fingerprint density at radius 3 is 2.70 bits per heavy atom. The number of ether oxygens (including phenoxy) is 1. The lowest BCUT2D eigenvalue weighted by atomic mass is 9.73. The fourth-order valence-electron chi connectivity index (χ4n) is 7.97. The van der Waals surface area contributed by atoms with Gasteiger partial charge in [-0.05, 0) is 73.8 Å². The summed E-state index contributed by atoms with van der Waals surface area (Å²) in [4.78, 5) is 69.2. The van der Waals surface area contributed by atoms with Gasteiger partial charge in [0.2, 0.25) is 11.8 Å². The average Bonchev–Trinajstić information content (AvgIpc) is 3.61. The second-order valence-corrected chi connectivity index (χ2v) is 13.9. The van der Waals surface area contributed by atoms with Crippen molar-refractivity contribution in [2.45, 2.75) is 74.7 Å². The Labute approximate surface area is 239 Å². The van der Waals surface area contributed by atoms with E-state index < -0.39 is 29.7 Å². The first-order valence-corrected chi connectivity index (χ1v) is 15.7. The molecule has 3 unspecified atom stereocenters. The molecule has 3 heterocycles. The molecule has 3 atom stereocenters. The van der Waals surface area contributed by atoms with Gasteiger partial charge in [0, 0.05) is 22.4 Å². The number of amides is 4. The van der Waals surface area contributed by atoms with Gasteiger partial charge in [-0.1, -0.05) is 6.07 Å². The summed E-state index contributed by atoms with van der Waals surface area (Å²) in [7, 11) is 0. The van der Waals surface area contributed by atoms with E-state index in [1.807, 2.05) is 5.38 Å². The fourth-order valence-corrected chi connectivity index (χ4v) is 9.75. The van der Waals surface area contributed by atoms with E-state index in [1.165, 1.54) is 55.2 Å². The highest BCUT2D eigenvalue weighted by Gasteiger charge is 2.58. The van der Waals surface area contributed by atoms with Crippen LogP contribution in [0.5, 0.6) is 0 Å². The topological polar surface area (TPSA) is 123 Å². The molecule has 0 radical (unpaired) electrons. The number of aromatic nitrogens is 1.